The van der Waals surface area contributed by atoms with Crippen molar-refractivity contribution in [2.24, 2.45) is 0 Å². The van der Waals surface area contributed by atoms with Gasteiger partial charge in [0.05, 0.1) is 11.6 Å². The molecule has 0 unspecified atom stereocenters. The minimum atomic E-state index is 0.771. The monoisotopic (exact) mass is 183 g/mol. The van der Waals surface area contributed by atoms with E-state index in [-0.39, 0.29) is 0 Å². The Morgan fingerprint density at radius 2 is 1.75 bits per heavy atom. The van der Waals surface area contributed by atoms with E-state index in [1.54, 1.807) is 11.3 Å². The van der Waals surface area contributed by atoms with Gasteiger partial charge in [-0.1, -0.05) is 27.7 Å². The Kier molecular flexibility index (Phi) is 11.7. The summed E-state index contributed by atoms with van der Waals surface area (Å²) >= 11 is 1.61. The summed E-state index contributed by atoms with van der Waals surface area (Å²) < 4.78 is 0. The molecule has 0 N–H and O–H groups in total. The average molecular weight is 183 g/mol. The fourth-order valence-corrected chi connectivity index (χ4v) is 1.13. The van der Waals surface area contributed by atoms with Gasteiger partial charge in [-0.2, -0.15) is 5.26 Å². The standard InChI is InChI=1S/C6H5NS.2C2H6/c1-5-2-6(3-7)4-8-5;2*1-2/h2,4H,1H3;2*1-2H3. The summed E-state index contributed by atoms with van der Waals surface area (Å²) in [6.07, 6.45) is 0. The highest BCUT2D eigenvalue weighted by Crippen LogP contribution is 2.10. The van der Waals surface area contributed by atoms with E-state index in [1.165, 1.54) is 4.88 Å². The molecule has 1 aromatic heterocycles. The van der Waals surface area contributed by atoms with E-state index in [0.717, 1.165) is 5.56 Å². The lowest BCUT2D eigenvalue weighted by Gasteiger charge is -1.68. The van der Waals surface area contributed by atoms with Gasteiger partial charge in [0.1, 0.15) is 0 Å². The second kappa shape index (κ2) is 10.2. The van der Waals surface area contributed by atoms with Crippen molar-refractivity contribution < 1.29 is 0 Å². The molecule has 0 aromatic carbocycles. The molecule has 0 aliphatic heterocycles. The smallest absolute Gasteiger partial charge is 0.1000 e. The predicted octanol–water partition coefficient (Wildman–Crippen LogP) is 3.98. The fraction of sp³-hybridized carbons (Fsp3) is 0.500. The van der Waals surface area contributed by atoms with E-state index in [9.17, 15) is 0 Å². The lowest BCUT2D eigenvalue weighted by Crippen LogP contribution is -1.57. The van der Waals surface area contributed by atoms with Gasteiger partial charge in [-0.25, -0.2) is 0 Å². The highest BCUT2D eigenvalue weighted by Gasteiger charge is 1.89. The molecule has 12 heavy (non-hydrogen) atoms. The van der Waals surface area contributed by atoms with Crippen LogP contribution in [-0.2, 0) is 0 Å². The molecule has 0 spiro atoms. The summed E-state index contributed by atoms with van der Waals surface area (Å²) in [6.45, 7) is 9.99. The number of hydrogen-bond acceptors (Lipinski definition) is 2. The molecule has 1 heterocycles. The van der Waals surface area contributed by atoms with Crippen LogP contribution >= 0.6 is 11.3 Å². The Hall–Kier alpha value is -0.810. The van der Waals surface area contributed by atoms with Crippen molar-refractivity contribution in [3.63, 3.8) is 0 Å². The van der Waals surface area contributed by atoms with E-state index < -0.39 is 0 Å². The third-order valence-corrected chi connectivity index (χ3v) is 1.72. The van der Waals surface area contributed by atoms with Crippen LogP contribution in [0.1, 0.15) is 38.1 Å². The zero-order chi connectivity index (χ0) is 9.98. The van der Waals surface area contributed by atoms with Crippen molar-refractivity contribution in [3.8, 4) is 6.07 Å². The van der Waals surface area contributed by atoms with Gasteiger partial charge in [0.15, 0.2) is 0 Å². The minimum absolute atomic E-state index is 0.771. The highest BCUT2D eigenvalue weighted by atomic mass is 32.1. The number of aryl methyl sites for hydroxylation is 1. The summed E-state index contributed by atoms with van der Waals surface area (Å²) in [6, 6.07) is 3.94. The number of thiophene rings is 1. The first-order valence-corrected chi connectivity index (χ1v) is 5.16. The normalized spacial score (nSPS) is 6.67. The first kappa shape index (κ1) is 13.8. The second-order valence-electron chi connectivity index (χ2n) is 1.56. The number of hydrogen-bond donors (Lipinski definition) is 0. The van der Waals surface area contributed by atoms with Gasteiger partial charge < -0.3 is 0 Å². The van der Waals surface area contributed by atoms with Crippen molar-refractivity contribution in [3.05, 3.63) is 21.9 Å². The summed E-state index contributed by atoms with van der Waals surface area (Å²) in [5.41, 5.74) is 0.771. The molecule has 1 nitrogen and oxygen atoms in total. The Bertz CT molecular complexity index is 220. The van der Waals surface area contributed by atoms with E-state index >= 15 is 0 Å². The van der Waals surface area contributed by atoms with Crippen LogP contribution in [0, 0.1) is 18.3 Å². The molecule has 0 amide bonds. The van der Waals surface area contributed by atoms with Gasteiger partial charge in [-0.05, 0) is 13.0 Å². The molecule has 0 radical (unpaired) electrons. The van der Waals surface area contributed by atoms with Crippen LogP contribution in [0.15, 0.2) is 11.4 Å². The van der Waals surface area contributed by atoms with Crippen LogP contribution in [0.3, 0.4) is 0 Å². The van der Waals surface area contributed by atoms with Crippen molar-refractivity contribution >= 4 is 11.3 Å². The lowest BCUT2D eigenvalue weighted by atomic mass is 10.3. The maximum absolute atomic E-state index is 8.31. The summed E-state index contributed by atoms with van der Waals surface area (Å²) in [5.74, 6) is 0. The van der Waals surface area contributed by atoms with Crippen LogP contribution in [0.25, 0.3) is 0 Å². The van der Waals surface area contributed by atoms with E-state index in [4.69, 9.17) is 5.26 Å². The van der Waals surface area contributed by atoms with Crippen LogP contribution in [0.4, 0.5) is 0 Å². The SMILES string of the molecule is CC.CC.Cc1cc(C#N)cs1. The van der Waals surface area contributed by atoms with Crippen molar-refractivity contribution in [1.82, 2.24) is 0 Å². The lowest BCUT2D eigenvalue weighted by molar-refractivity contribution is 1.50. The van der Waals surface area contributed by atoms with E-state index in [1.807, 2.05) is 46.1 Å². The highest BCUT2D eigenvalue weighted by molar-refractivity contribution is 7.10. The third-order valence-electron chi connectivity index (χ3n) is 0.860. The van der Waals surface area contributed by atoms with E-state index in [0.29, 0.717) is 0 Å². The topological polar surface area (TPSA) is 23.8 Å². The van der Waals surface area contributed by atoms with Gasteiger partial charge in [-0.15, -0.1) is 11.3 Å². The quantitative estimate of drug-likeness (QED) is 0.597. The maximum Gasteiger partial charge on any atom is 0.1000 e. The Labute approximate surface area is 79.7 Å². The Morgan fingerprint density at radius 3 is 1.92 bits per heavy atom. The summed E-state index contributed by atoms with van der Waals surface area (Å²) in [7, 11) is 0. The molecule has 2 heteroatoms. The third kappa shape index (κ3) is 5.94. The van der Waals surface area contributed by atoms with Crippen molar-refractivity contribution in [2.75, 3.05) is 0 Å². The fourth-order valence-electron chi connectivity index (χ4n) is 0.502. The van der Waals surface area contributed by atoms with E-state index in [2.05, 4.69) is 6.07 Å². The number of nitriles is 1. The van der Waals surface area contributed by atoms with Crippen LogP contribution < -0.4 is 0 Å². The molecule has 0 saturated heterocycles. The molecule has 0 atom stereocenters. The van der Waals surface area contributed by atoms with Crippen molar-refractivity contribution in [1.29, 1.82) is 5.26 Å². The van der Waals surface area contributed by atoms with Gasteiger partial charge in [0, 0.05) is 10.3 Å². The molecule has 68 valence electrons. The average Bonchev–Trinajstić information content (AvgIpc) is 2.58. The molecular weight excluding hydrogens is 166 g/mol. The maximum atomic E-state index is 8.31. The predicted molar refractivity (Wildman–Crippen MR) is 56.5 cm³/mol. The second-order valence-corrected chi connectivity index (χ2v) is 2.67. The molecule has 0 aliphatic carbocycles. The molecule has 0 fully saturated rings. The zero-order valence-corrected chi connectivity index (χ0v) is 9.33. The molecular formula is C10H17NS. The minimum Gasteiger partial charge on any atom is -0.192 e. The first-order chi connectivity index (χ1) is 5.83. The van der Waals surface area contributed by atoms with Crippen LogP contribution in [0.5, 0.6) is 0 Å². The summed E-state index contributed by atoms with van der Waals surface area (Å²) in [5, 5.41) is 10.2. The first-order valence-electron chi connectivity index (χ1n) is 4.28. The van der Waals surface area contributed by atoms with Gasteiger partial charge in [-0.3, -0.25) is 0 Å². The van der Waals surface area contributed by atoms with Crippen LogP contribution in [0.2, 0.25) is 0 Å². The molecule has 0 aliphatic rings. The number of rotatable bonds is 0. The van der Waals surface area contributed by atoms with Crippen molar-refractivity contribution in [2.45, 2.75) is 34.6 Å². The largest absolute Gasteiger partial charge is 0.192 e. The Morgan fingerprint density at radius 1 is 1.25 bits per heavy atom. The number of nitrogens with zero attached hydrogens (tertiary/aromatic N) is 1. The Balaban J connectivity index is 0. The van der Waals surface area contributed by atoms with Gasteiger partial charge in [0.25, 0.3) is 0 Å². The van der Waals surface area contributed by atoms with Gasteiger partial charge in [0.2, 0.25) is 0 Å². The molecule has 0 bridgehead atoms. The van der Waals surface area contributed by atoms with Crippen LogP contribution in [-0.4, -0.2) is 0 Å². The molecule has 0 saturated carbocycles. The molecule has 1 aromatic rings. The van der Waals surface area contributed by atoms with Gasteiger partial charge >= 0.3 is 0 Å². The zero-order valence-electron chi connectivity index (χ0n) is 8.51. The molecule has 1 rings (SSSR count). The summed E-state index contributed by atoms with van der Waals surface area (Å²) in [4.78, 5) is 1.20.